The third-order valence-electron chi connectivity index (χ3n) is 4.32. The Morgan fingerprint density at radius 2 is 2.00 bits per heavy atom. The molecule has 22 heavy (non-hydrogen) atoms. The Kier molecular flexibility index (Phi) is 5.14. The van der Waals surface area contributed by atoms with Gasteiger partial charge in [0.15, 0.2) is 5.96 Å². The highest BCUT2D eigenvalue weighted by molar-refractivity contribution is 5.78. The van der Waals surface area contributed by atoms with Crippen LogP contribution in [0.4, 0.5) is 0 Å². The lowest BCUT2D eigenvalue weighted by Gasteiger charge is -2.21. The van der Waals surface area contributed by atoms with Crippen molar-refractivity contribution >= 4 is 5.96 Å². The largest absolute Gasteiger partial charge is 0.477 e. The van der Waals surface area contributed by atoms with E-state index in [4.69, 9.17) is 10.5 Å². The highest BCUT2D eigenvalue weighted by Crippen LogP contribution is 2.29. The Hall–Kier alpha value is -1.78. The van der Waals surface area contributed by atoms with Crippen molar-refractivity contribution in [2.24, 2.45) is 16.6 Å². The summed E-state index contributed by atoms with van der Waals surface area (Å²) in [4.78, 5) is 11.1. The number of rotatable bonds is 5. The van der Waals surface area contributed by atoms with Crippen molar-refractivity contribution in [3.05, 3.63) is 23.9 Å². The molecule has 1 saturated heterocycles. The van der Waals surface area contributed by atoms with Crippen molar-refractivity contribution in [1.29, 1.82) is 0 Å². The van der Waals surface area contributed by atoms with Gasteiger partial charge in [-0.2, -0.15) is 0 Å². The predicted molar refractivity (Wildman–Crippen MR) is 87.8 cm³/mol. The molecule has 1 aromatic rings. The fourth-order valence-electron chi connectivity index (χ4n) is 2.65. The number of guanidine groups is 1. The Balaban J connectivity index is 1.49. The molecule has 0 atom stereocenters. The summed E-state index contributed by atoms with van der Waals surface area (Å²) in [6, 6.07) is 3.95. The van der Waals surface area contributed by atoms with Gasteiger partial charge in [-0.1, -0.05) is 18.9 Å². The van der Waals surface area contributed by atoms with Crippen LogP contribution < -0.4 is 10.5 Å². The summed E-state index contributed by atoms with van der Waals surface area (Å²) >= 11 is 0. The van der Waals surface area contributed by atoms with Crippen LogP contribution in [0.3, 0.4) is 0 Å². The number of hydrogen-bond acceptors (Lipinski definition) is 3. The van der Waals surface area contributed by atoms with Crippen LogP contribution in [0.5, 0.6) is 5.88 Å². The van der Waals surface area contributed by atoms with Crippen molar-refractivity contribution in [2.45, 2.75) is 45.1 Å². The van der Waals surface area contributed by atoms with E-state index in [0.717, 1.165) is 31.2 Å². The van der Waals surface area contributed by atoms with E-state index in [-0.39, 0.29) is 0 Å². The van der Waals surface area contributed by atoms with E-state index in [2.05, 4.69) is 14.9 Å². The molecule has 0 radical (unpaired) electrons. The van der Waals surface area contributed by atoms with Crippen molar-refractivity contribution < 1.29 is 4.74 Å². The van der Waals surface area contributed by atoms with Crippen LogP contribution in [-0.2, 0) is 6.54 Å². The molecule has 0 unspecified atom stereocenters. The lowest BCUT2D eigenvalue weighted by molar-refractivity contribution is 0.288. The second-order valence-corrected chi connectivity index (χ2v) is 6.33. The third-order valence-corrected chi connectivity index (χ3v) is 4.32. The van der Waals surface area contributed by atoms with Gasteiger partial charge in [0.25, 0.3) is 0 Å². The van der Waals surface area contributed by atoms with Crippen LogP contribution >= 0.6 is 0 Å². The molecule has 3 rings (SSSR count). The number of nitrogens with two attached hydrogens (primary N) is 1. The molecule has 0 amide bonds. The molecule has 2 heterocycles. The molecule has 5 heteroatoms. The molecule has 0 spiro atoms. The summed E-state index contributed by atoms with van der Waals surface area (Å²) in [5.74, 6) is 2.12. The zero-order valence-corrected chi connectivity index (χ0v) is 13.2. The number of ether oxygens (including phenoxy) is 1. The van der Waals surface area contributed by atoms with Crippen LogP contribution in [0.25, 0.3) is 0 Å². The van der Waals surface area contributed by atoms with E-state index in [9.17, 15) is 0 Å². The fourth-order valence-corrected chi connectivity index (χ4v) is 2.65. The van der Waals surface area contributed by atoms with Crippen molar-refractivity contribution in [3.8, 4) is 5.88 Å². The molecule has 0 aromatic carbocycles. The summed E-state index contributed by atoms with van der Waals surface area (Å²) in [7, 11) is 0. The molecule has 1 saturated carbocycles. The second-order valence-electron chi connectivity index (χ2n) is 6.33. The highest BCUT2D eigenvalue weighted by Gasteiger charge is 2.22. The van der Waals surface area contributed by atoms with Gasteiger partial charge >= 0.3 is 0 Å². The van der Waals surface area contributed by atoms with Crippen molar-refractivity contribution in [1.82, 2.24) is 9.88 Å². The van der Waals surface area contributed by atoms with Gasteiger partial charge in [-0.3, -0.25) is 0 Å². The van der Waals surface area contributed by atoms with Gasteiger partial charge in [-0.25, -0.2) is 9.98 Å². The van der Waals surface area contributed by atoms with E-state index in [1.807, 2.05) is 18.3 Å². The summed E-state index contributed by atoms with van der Waals surface area (Å²) in [5, 5.41) is 0. The standard InChI is InChI=1S/C17H26N4O/c18-17(21-9-3-1-2-4-10-21)20-12-15-7-8-16(19-11-15)22-13-14-5-6-14/h7-8,11,14H,1-6,9-10,12-13H2,(H2,18,20). The normalized spacial score (nSPS) is 19.8. The van der Waals surface area contributed by atoms with E-state index >= 15 is 0 Å². The minimum atomic E-state index is 0.582. The zero-order valence-electron chi connectivity index (χ0n) is 13.2. The lowest BCUT2D eigenvalue weighted by atomic mass is 10.2. The smallest absolute Gasteiger partial charge is 0.213 e. The minimum Gasteiger partial charge on any atom is -0.477 e. The third kappa shape index (κ3) is 4.61. The summed E-state index contributed by atoms with van der Waals surface area (Å²) in [6.45, 7) is 3.44. The molecule has 2 N–H and O–H groups in total. The number of nitrogens with zero attached hydrogens (tertiary/aromatic N) is 3. The Bertz CT molecular complexity index is 488. The first-order valence-corrected chi connectivity index (χ1v) is 8.44. The van der Waals surface area contributed by atoms with Gasteiger partial charge in [0, 0.05) is 25.4 Å². The zero-order chi connectivity index (χ0) is 15.2. The van der Waals surface area contributed by atoms with Gasteiger partial charge in [0.1, 0.15) is 0 Å². The van der Waals surface area contributed by atoms with Crippen molar-refractivity contribution in [2.75, 3.05) is 19.7 Å². The summed E-state index contributed by atoms with van der Waals surface area (Å²) in [6.07, 6.45) is 9.45. The maximum absolute atomic E-state index is 6.11. The minimum absolute atomic E-state index is 0.582. The first-order chi connectivity index (χ1) is 10.8. The molecular formula is C17H26N4O. The van der Waals surface area contributed by atoms with Crippen LogP contribution in [0.1, 0.15) is 44.1 Å². The maximum Gasteiger partial charge on any atom is 0.213 e. The van der Waals surface area contributed by atoms with E-state index in [0.29, 0.717) is 18.4 Å². The molecule has 5 nitrogen and oxygen atoms in total. The number of aromatic nitrogens is 1. The molecule has 1 aliphatic carbocycles. The first kappa shape index (κ1) is 15.1. The van der Waals surface area contributed by atoms with Crippen LogP contribution in [0.2, 0.25) is 0 Å². The average Bonchev–Trinajstić information content (AvgIpc) is 3.38. The van der Waals surface area contributed by atoms with Crippen LogP contribution in [-0.4, -0.2) is 35.5 Å². The average molecular weight is 302 g/mol. The Morgan fingerprint density at radius 3 is 2.64 bits per heavy atom. The van der Waals surface area contributed by atoms with E-state index in [1.165, 1.54) is 38.5 Å². The Labute approximate surface area is 132 Å². The monoisotopic (exact) mass is 302 g/mol. The highest BCUT2D eigenvalue weighted by atomic mass is 16.5. The molecule has 0 bridgehead atoms. The number of pyridine rings is 1. The van der Waals surface area contributed by atoms with Gasteiger partial charge in [0.2, 0.25) is 5.88 Å². The molecule has 120 valence electrons. The van der Waals surface area contributed by atoms with Gasteiger partial charge < -0.3 is 15.4 Å². The van der Waals surface area contributed by atoms with Crippen molar-refractivity contribution in [3.63, 3.8) is 0 Å². The first-order valence-electron chi connectivity index (χ1n) is 8.44. The van der Waals surface area contributed by atoms with Crippen LogP contribution in [0.15, 0.2) is 23.3 Å². The Morgan fingerprint density at radius 1 is 1.23 bits per heavy atom. The lowest BCUT2D eigenvalue weighted by Crippen LogP contribution is -2.38. The maximum atomic E-state index is 6.11. The van der Waals surface area contributed by atoms with Crippen LogP contribution in [0, 0.1) is 5.92 Å². The predicted octanol–water partition coefficient (Wildman–Crippen LogP) is 2.56. The number of likely N-dealkylation sites (tertiary alicyclic amines) is 1. The number of aliphatic imine (C=N–C) groups is 1. The van der Waals surface area contributed by atoms with E-state index in [1.54, 1.807) is 0 Å². The topological polar surface area (TPSA) is 63.7 Å². The second kappa shape index (κ2) is 7.47. The van der Waals surface area contributed by atoms with E-state index < -0.39 is 0 Å². The molecule has 2 aliphatic rings. The molecule has 2 fully saturated rings. The molecular weight excluding hydrogens is 276 g/mol. The molecule has 1 aliphatic heterocycles. The quantitative estimate of drug-likeness (QED) is 0.670. The van der Waals surface area contributed by atoms with Gasteiger partial charge in [-0.05, 0) is 37.2 Å². The fraction of sp³-hybridized carbons (Fsp3) is 0.647. The summed E-state index contributed by atoms with van der Waals surface area (Å²) < 4.78 is 5.64. The number of hydrogen-bond donors (Lipinski definition) is 1. The van der Waals surface area contributed by atoms with Gasteiger partial charge in [-0.15, -0.1) is 0 Å². The summed E-state index contributed by atoms with van der Waals surface area (Å²) in [5.41, 5.74) is 7.18. The SMILES string of the molecule is NC(=NCc1ccc(OCC2CC2)nc1)N1CCCCCC1. The molecule has 1 aromatic heterocycles. The van der Waals surface area contributed by atoms with Gasteiger partial charge in [0.05, 0.1) is 13.2 Å².